The van der Waals surface area contributed by atoms with Crippen molar-refractivity contribution in [1.82, 2.24) is 0 Å². The number of amides is 1. The molecule has 0 aliphatic carbocycles. The monoisotopic (exact) mass is 336 g/mol. The van der Waals surface area contributed by atoms with Crippen molar-refractivity contribution in [2.45, 2.75) is 18.6 Å². The normalized spacial score (nSPS) is 11.2. The first kappa shape index (κ1) is 17.1. The number of carbonyl (C=O) groups excluding carboxylic acids is 1. The van der Waals surface area contributed by atoms with Crippen molar-refractivity contribution >= 4 is 21.6 Å². The lowest BCUT2D eigenvalue weighted by Gasteiger charge is -2.07. The predicted octanol–water partition coefficient (Wildman–Crippen LogP) is 2.19. The van der Waals surface area contributed by atoms with Crippen LogP contribution in [0.3, 0.4) is 0 Å². The minimum Gasteiger partial charge on any atom is -0.326 e. The van der Waals surface area contributed by atoms with Gasteiger partial charge < -0.3 is 5.32 Å². The van der Waals surface area contributed by atoms with Crippen LogP contribution in [0.1, 0.15) is 17.5 Å². The lowest BCUT2D eigenvalue weighted by Crippen LogP contribution is -2.15. The second-order valence-corrected chi connectivity index (χ2v) is 6.80. The molecule has 0 bridgehead atoms. The van der Waals surface area contributed by atoms with E-state index in [9.17, 15) is 17.6 Å². The highest BCUT2D eigenvalue weighted by Gasteiger charge is 2.08. The molecule has 2 aromatic rings. The Hall–Kier alpha value is -2.25. The standard InChI is InChI=1S/C16H17FN2O3S/c17-14-5-1-3-12(9-14)7-8-16(20)19-15-6-2-4-13(10-15)11-23(18,21)22/h1-6,9-10H,7-8,11H2,(H,19,20)(H2,18,21,22). The van der Waals surface area contributed by atoms with E-state index in [2.05, 4.69) is 5.32 Å². The maximum atomic E-state index is 13.1. The fourth-order valence-electron chi connectivity index (χ4n) is 2.15. The van der Waals surface area contributed by atoms with Gasteiger partial charge in [0, 0.05) is 12.1 Å². The summed E-state index contributed by atoms with van der Waals surface area (Å²) in [5.41, 5.74) is 1.73. The third-order valence-electron chi connectivity index (χ3n) is 3.11. The van der Waals surface area contributed by atoms with E-state index in [0.717, 1.165) is 5.56 Å². The first-order valence-corrected chi connectivity index (χ1v) is 8.67. The third kappa shape index (κ3) is 6.17. The van der Waals surface area contributed by atoms with Crippen LogP contribution in [-0.2, 0) is 27.0 Å². The van der Waals surface area contributed by atoms with Crippen LogP contribution >= 0.6 is 0 Å². The van der Waals surface area contributed by atoms with Gasteiger partial charge in [0.25, 0.3) is 0 Å². The molecule has 0 saturated heterocycles. The number of benzene rings is 2. The predicted molar refractivity (Wildman–Crippen MR) is 86.6 cm³/mol. The van der Waals surface area contributed by atoms with Crippen LogP contribution in [0.25, 0.3) is 0 Å². The Morgan fingerprint density at radius 3 is 2.48 bits per heavy atom. The van der Waals surface area contributed by atoms with Gasteiger partial charge in [0.15, 0.2) is 0 Å². The smallest absolute Gasteiger partial charge is 0.224 e. The number of sulfonamides is 1. The lowest BCUT2D eigenvalue weighted by molar-refractivity contribution is -0.116. The van der Waals surface area contributed by atoms with Gasteiger partial charge in [0.1, 0.15) is 5.82 Å². The van der Waals surface area contributed by atoms with E-state index in [1.54, 1.807) is 36.4 Å². The zero-order valence-corrected chi connectivity index (χ0v) is 13.1. The van der Waals surface area contributed by atoms with Crippen LogP contribution in [-0.4, -0.2) is 14.3 Å². The van der Waals surface area contributed by atoms with Crippen LogP contribution in [0.5, 0.6) is 0 Å². The Balaban J connectivity index is 1.93. The van der Waals surface area contributed by atoms with Crippen molar-refractivity contribution in [2.75, 3.05) is 5.32 Å². The molecule has 0 unspecified atom stereocenters. The number of anilines is 1. The van der Waals surface area contributed by atoms with E-state index in [1.807, 2.05) is 0 Å². The molecule has 0 fully saturated rings. The van der Waals surface area contributed by atoms with E-state index < -0.39 is 10.0 Å². The summed E-state index contributed by atoms with van der Waals surface area (Å²) >= 11 is 0. The van der Waals surface area contributed by atoms with Crippen LogP contribution < -0.4 is 10.5 Å². The highest BCUT2D eigenvalue weighted by Crippen LogP contribution is 2.13. The molecular formula is C16H17FN2O3S. The Bertz CT molecular complexity index is 806. The van der Waals surface area contributed by atoms with Crippen molar-refractivity contribution in [1.29, 1.82) is 0 Å². The molecule has 0 spiro atoms. The van der Waals surface area contributed by atoms with E-state index in [1.165, 1.54) is 12.1 Å². The second kappa shape index (κ2) is 7.34. The lowest BCUT2D eigenvalue weighted by atomic mass is 10.1. The topological polar surface area (TPSA) is 89.3 Å². The number of nitrogens with one attached hydrogen (secondary N) is 1. The molecule has 2 rings (SSSR count). The van der Waals surface area contributed by atoms with E-state index in [-0.39, 0.29) is 23.9 Å². The third-order valence-corrected chi connectivity index (χ3v) is 3.84. The summed E-state index contributed by atoms with van der Waals surface area (Å²) < 4.78 is 35.2. The number of carbonyl (C=O) groups is 1. The van der Waals surface area contributed by atoms with Crippen molar-refractivity contribution in [2.24, 2.45) is 5.14 Å². The van der Waals surface area contributed by atoms with E-state index >= 15 is 0 Å². The van der Waals surface area contributed by atoms with Gasteiger partial charge in [-0.05, 0) is 41.8 Å². The van der Waals surface area contributed by atoms with Gasteiger partial charge in [-0.3, -0.25) is 4.79 Å². The molecule has 5 nitrogen and oxygen atoms in total. The molecule has 0 radical (unpaired) electrons. The Morgan fingerprint density at radius 1 is 1.09 bits per heavy atom. The van der Waals surface area contributed by atoms with Gasteiger partial charge in [0.05, 0.1) is 5.75 Å². The maximum Gasteiger partial charge on any atom is 0.224 e. The molecule has 2 aromatic carbocycles. The zero-order chi connectivity index (χ0) is 16.9. The van der Waals surface area contributed by atoms with Crippen molar-refractivity contribution in [3.8, 4) is 0 Å². The zero-order valence-electron chi connectivity index (χ0n) is 12.3. The average Bonchev–Trinajstić information content (AvgIpc) is 2.44. The number of hydrogen-bond acceptors (Lipinski definition) is 3. The SMILES string of the molecule is NS(=O)(=O)Cc1cccc(NC(=O)CCc2cccc(F)c2)c1. The molecule has 0 aliphatic heterocycles. The van der Waals surface area contributed by atoms with Gasteiger partial charge >= 0.3 is 0 Å². The van der Waals surface area contributed by atoms with Crippen molar-refractivity contribution in [3.05, 3.63) is 65.5 Å². The fraction of sp³-hybridized carbons (Fsp3) is 0.188. The van der Waals surface area contributed by atoms with Crippen LogP contribution in [0, 0.1) is 5.82 Å². The molecule has 7 heteroatoms. The largest absolute Gasteiger partial charge is 0.326 e. The summed E-state index contributed by atoms with van der Waals surface area (Å²) in [5.74, 6) is -0.861. The minimum absolute atomic E-state index is 0.197. The number of rotatable bonds is 6. The summed E-state index contributed by atoms with van der Waals surface area (Å²) in [6.45, 7) is 0. The van der Waals surface area contributed by atoms with Gasteiger partial charge in [0.2, 0.25) is 15.9 Å². The quantitative estimate of drug-likeness (QED) is 0.847. The van der Waals surface area contributed by atoms with Crippen LogP contribution in [0.4, 0.5) is 10.1 Å². The molecule has 3 N–H and O–H groups in total. The molecule has 1 amide bonds. The molecule has 0 saturated carbocycles. The Kier molecular flexibility index (Phi) is 5.46. The summed E-state index contributed by atoms with van der Waals surface area (Å²) in [5, 5.41) is 7.68. The molecular weight excluding hydrogens is 319 g/mol. The van der Waals surface area contributed by atoms with E-state index in [0.29, 0.717) is 17.7 Å². The molecule has 122 valence electrons. The van der Waals surface area contributed by atoms with Gasteiger partial charge in [-0.1, -0.05) is 24.3 Å². The van der Waals surface area contributed by atoms with Gasteiger partial charge in [-0.2, -0.15) is 0 Å². The first-order chi connectivity index (χ1) is 10.8. The highest BCUT2D eigenvalue weighted by atomic mass is 32.2. The van der Waals surface area contributed by atoms with Gasteiger partial charge in [-0.15, -0.1) is 0 Å². The maximum absolute atomic E-state index is 13.1. The number of hydrogen-bond donors (Lipinski definition) is 2. The molecule has 0 heterocycles. The number of aryl methyl sites for hydroxylation is 1. The summed E-state index contributed by atoms with van der Waals surface area (Å²) in [7, 11) is -3.62. The molecule has 0 aromatic heterocycles. The molecule has 23 heavy (non-hydrogen) atoms. The number of halogens is 1. The number of nitrogens with two attached hydrogens (primary N) is 1. The van der Waals surface area contributed by atoms with Crippen molar-refractivity contribution in [3.63, 3.8) is 0 Å². The molecule has 0 aliphatic rings. The second-order valence-electron chi connectivity index (χ2n) is 5.19. The Labute approximate surface area is 134 Å². The number of primary sulfonamides is 1. The minimum atomic E-state index is -3.62. The Morgan fingerprint density at radius 2 is 1.78 bits per heavy atom. The summed E-state index contributed by atoms with van der Waals surface area (Å²) in [6, 6.07) is 12.6. The molecule has 0 atom stereocenters. The average molecular weight is 336 g/mol. The van der Waals surface area contributed by atoms with Crippen LogP contribution in [0.15, 0.2) is 48.5 Å². The summed E-state index contributed by atoms with van der Waals surface area (Å²) in [4.78, 5) is 11.9. The fourth-order valence-corrected chi connectivity index (χ4v) is 2.79. The summed E-state index contributed by atoms with van der Waals surface area (Å²) in [6.07, 6.45) is 0.614. The highest BCUT2D eigenvalue weighted by molar-refractivity contribution is 7.88. The van der Waals surface area contributed by atoms with E-state index in [4.69, 9.17) is 5.14 Å². The van der Waals surface area contributed by atoms with Gasteiger partial charge in [-0.25, -0.2) is 17.9 Å². The first-order valence-electron chi connectivity index (χ1n) is 6.95. The van der Waals surface area contributed by atoms with Crippen LogP contribution in [0.2, 0.25) is 0 Å². The van der Waals surface area contributed by atoms with Crippen molar-refractivity contribution < 1.29 is 17.6 Å².